The van der Waals surface area contributed by atoms with E-state index < -0.39 is 10.0 Å². The van der Waals surface area contributed by atoms with Gasteiger partial charge in [-0.3, -0.25) is 9.52 Å². The minimum Gasteiger partial charge on any atom is -0.348 e. The second-order valence-corrected chi connectivity index (χ2v) is 8.46. The summed E-state index contributed by atoms with van der Waals surface area (Å²) in [6.07, 6.45) is 6.38. The maximum atomic E-state index is 12.4. The van der Waals surface area contributed by atoms with E-state index in [1.165, 1.54) is 12.1 Å². The van der Waals surface area contributed by atoms with E-state index in [0.717, 1.165) is 17.4 Å². The molecule has 1 heterocycles. The molecule has 0 aliphatic heterocycles. The monoisotopic (exact) mass is 418 g/mol. The largest absolute Gasteiger partial charge is 0.348 e. The first kappa shape index (κ1) is 19.9. The molecule has 0 saturated heterocycles. The molecule has 0 unspecified atom stereocenters. The van der Waals surface area contributed by atoms with Gasteiger partial charge in [-0.05, 0) is 29.3 Å². The highest BCUT2D eigenvalue weighted by molar-refractivity contribution is 7.92. The molecule has 2 aromatic carbocycles. The van der Waals surface area contributed by atoms with Gasteiger partial charge in [0.15, 0.2) is 0 Å². The number of hydrogen-bond acceptors (Lipinski definition) is 4. The van der Waals surface area contributed by atoms with Gasteiger partial charge in [-0.2, -0.15) is 0 Å². The van der Waals surface area contributed by atoms with Gasteiger partial charge in [0.05, 0.1) is 23.3 Å². The van der Waals surface area contributed by atoms with Crippen LogP contribution in [0.5, 0.6) is 0 Å². The second-order valence-electron chi connectivity index (χ2n) is 6.31. The first-order valence-corrected chi connectivity index (χ1v) is 10.7. The lowest BCUT2D eigenvalue weighted by molar-refractivity contribution is 0.0951. The van der Waals surface area contributed by atoms with Gasteiger partial charge in [0.1, 0.15) is 0 Å². The maximum Gasteiger partial charge on any atom is 0.251 e. The van der Waals surface area contributed by atoms with Crippen molar-refractivity contribution in [2.45, 2.75) is 13.1 Å². The van der Waals surface area contributed by atoms with Crippen LogP contribution in [0.1, 0.15) is 21.5 Å². The zero-order chi connectivity index (χ0) is 20.1. The molecule has 0 radical (unpaired) electrons. The summed E-state index contributed by atoms with van der Waals surface area (Å²) in [6, 6.07) is 12.3. The lowest BCUT2D eigenvalue weighted by atomic mass is 10.1. The van der Waals surface area contributed by atoms with E-state index in [4.69, 9.17) is 11.6 Å². The second kappa shape index (κ2) is 8.45. The molecule has 0 bridgehead atoms. The molecule has 3 rings (SSSR count). The van der Waals surface area contributed by atoms with E-state index in [-0.39, 0.29) is 16.6 Å². The smallest absolute Gasteiger partial charge is 0.251 e. The number of aromatic nitrogens is 2. The fourth-order valence-corrected chi connectivity index (χ4v) is 3.45. The Bertz CT molecular complexity index is 1080. The molecule has 0 fully saturated rings. The number of benzene rings is 2. The number of carbonyl (C=O) groups excluding carboxylic acids is 1. The molecule has 7 nitrogen and oxygen atoms in total. The van der Waals surface area contributed by atoms with Crippen molar-refractivity contribution in [2.75, 3.05) is 11.0 Å². The Morgan fingerprint density at radius 1 is 1.18 bits per heavy atom. The van der Waals surface area contributed by atoms with Gasteiger partial charge in [0.2, 0.25) is 10.0 Å². The maximum absolute atomic E-state index is 12.4. The highest BCUT2D eigenvalue weighted by atomic mass is 35.5. The molecule has 0 spiro atoms. The number of anilines is 1. The molecular formula is C19H19ClN4O3S. The van der Waals surface area contributed by atoms with Gasteiger partial charge in [-0.1, -0.05) is 35.9 Å². The molecule has 0 atom stereocenters. The van der Waals surface area contributed by atoms with Crippen LogP contribution in [0.4, 0.5) is 5.69 Å². The predicted octanol–water partition coefficient (Wildman–Crippen LogP) is 2.89. The molecule has 0 aliphatic carbocycles. The van der Waals surface area contributed by atoms with Crippen LogP contribution in [0.25, 0.3) is 0 Å². The van der Waals surface area contributed by atoms with Crippen LogP contribution in [0.3, 0.4) is 0 Å². The van der Waals surface area contributed by atoms with E-state index in [1.54, 1.807) is 18.6 Å². The Hall–Kier alpha value is -2.84. The van der Waals surface area contributed by atoms with Gasteiger partial charge in [0, 0.05) is 31.0 Å². The first-order chi connectivity index (χ1) is 13.3. The average Bonchev–Trinajstić information content (AvgIpc) is 3.14. The Morgan fingerprint density at radius 3 is 2.68 bits per heavy atom. The Morgan fingerprint density at radius 2 is 1.96 bits per heavy atom. The van der Waals surface area contributed by atoms with E-state index >= 15 is 0 Å². The normalized spacial score (nSPS) is 11.2. The molecule has 0 saturated carbocycles. The summed E-state index contributed by atoms with van der Waals surface area (Å²) in [6.45, 7) is 1.04. The molecule has 146 valence electrons. The summed E-state index contributed by atoms with van der Waals surface area (Å²) in [5, 5.41) is 3.05. The van der Waals surface area contributed by atoms with Gasteiger partial charge in [-0.15, -0.1) is 0 Å². The average molecular weight is 419 g/mol. The lowest BCUT2D eigenvalue weighted by Gasteiger charge is -2.10. The standard InChI is InChI=1S/C19H19ClN4O3S/c1-28(26,27)23-18-10-16(5-6-17(18)20)19(25)22-11-14-3-2-4-15(9-14)12-24-8-7-21-13-24/h2-10,13,23H,11-12H2,1H3,(H,22,25). The van der Waals surface area contributed by atoms with Gasteiger partial charge in [0.25, 0.3) is 5.91 Å². The number of nitrogens with one attached hydrogen (secondary N) is 2. The zero-order valence-corrected chi connectivity index (χ0v) is 16.7. The van der Waals surface area contributed by atoms with E-state index in [2.05, 4.69) is 15.0 Å². The van der Waals surface area contributed by atoms with Crippen molar-refractivity contribution >= 4 is 33.2 Å². The highest BCUT2D eigenvalue weighted by Crippen LogP contribution is 2.24. The Labute approximate surface area is 168 Å². The molecule has 0 aliphatic rings. The van der Waals surface area contributed by atoms with Crippen molar-refractivity contribution < 1.29 is 13.2 Å². The molecule has 28 heavy (non-hydrogen) atoms. The molecule has 1 amide bonds. The lowest BCUT2D eigenvalue weighted by Crippen LogP contribution is -2.23. The number of amides is 1. The first-order valence-electron chi connectivity index (χ1n) is 8.39. The van der Waals surface area contributed by atoms with Crippen LogP contribution in [-0.4, -0.2) is 30.1 Å². The summed E-state index contributed by atoms with van der Waals surface area (Å²) >= 11 is 5.99. The summed E-state index contributed by atoms with van der Waals surface area (Å²) in [4.78, 5) is 16.5. The van der Waals surface area contributed by atoms with Crippen molar-refractivity contribution in [1.82, 2.24) is 14.9 Å². The van der Waals surface area contributed by atoms with Crippen molar-refractivity contribution in [1.29, 1.82) is 0 Å². The third-order valence-corrected chi connectivity index (χ3v) is 4.81. The molecule has 2 N–H and O–H groups in total. The zero-order valence-electron chi connectivity index (χ0n) is 15.1. The van der Waals surface area contributed by atoms with Crippen LogP contribution in [-0.2, 0) is 23.1 Å². The number of nitrogens with zero attached hydrogens (tertiary/aromatic N) is 2. The van der Waals surface area contributed by atoms with E-state index in [9.17, 15) is 13.2 Å². The van der Waals surface area contributed by atoms with Crippen molar-refractivity contribution in [3.8, 4) is 0 Å². The van der Waals surface area contributed by atoms with E-state index in [1.807, 2.05) is 35.0 Å². The Balaban J connectivity index is 1.66. The molecular weight excluding hydrogens is 400 g/mol. The number of halogens is 1. The van der Waals surface area contributed by atoms with Crippen LogP contribution in [0.2, 0.25) is 5.02 Å². The number of sulfonamides is 1. The summed E-state index contributed by atoms with van der Waals surface area (Å²) in [7, 11) is -3.50. The summed E-state index contributed by atoms with van der Waals surface area (Å²) in [5.74, 6) is -0.326. The molecule has 9 heteroatoms. The number of rotatable bonds is 7. The molecule has 1 aromatic heterocycles. The van der Waals surface area contributed by atoms with Crippen molar-refractivity contribution in [2.24, 2.45) is 0 Å². The van der Waals surface area contributed by atoms with Crippen LogP contribution in [0, 0.1) is 0 Å². The van der Waals surface area contributed by atoms with Crippen LogP contribution >= 0.6 is 11.6 Å². The van der Waals surface area contributed by atoms with Gasteiger partial charge in [-0.25, -0.2) is 13.4 Å². The predicted molar refractivity (Wildman–Crippen MR) is 109 cm³/mol. The summed E-state index contributed by atoms with van der Waals surface area (Å²) in [5.41, 5.74) is 2.52. The minimum atomic E-state index is -3.50. The van der Waals surface area contributed by atoms with Crippen molar-refractivity contribution in [3.05, 3.63) is 82.9 Å². The van der Waals surface area contributed by atoms with Crippen LogP contribution in [0.15, 0.2) is 61.2 Å². The van der Waals surface area contributed by atoms with Gasteiger partial charge >= 0.3 is 0 Å². The van der Waals surface area contributed by atoms with Gasteiger partial charge < -0.3 is 9.88 Å². The number of hydrogen-bond donors (Lipinski definition) is 2. The fraction of sp³-hybridized carbons (Fsp3) is 0.158. The van der Waals surface area contributed by atoms with E-state index in [0.29, 0.717) is 18.7 Å². The van der Waals surface area contributed by atoms with Crippen LogP contribution < -0.4 is 10.0 Å². The molecule has 3 aromatic rings. The number of imidazole rings is 1. The quantitative estimate of drug-likeness (QED) is 0.617. The third-order valence-electron chi connectivity index (χ3n) is 3.89. The van der Waals surface area contributed by atoms with Crippen molar-refractivity contribution in [3.63, 3.8) is 0 Å². The SMILES string of the molecule is CS(=O)(=O)Nc1cc(C(=O)NCc2cccc(Cn3ccnc3)c2)ccc1Cl. The minimum absolute atomic E-state index is 0.166. The third kappa shape index (κ3) is 5.58. The Kier molecular flexibility index (Phi) is 6.01. The highest BCUT2D eigenvalue weighted by Gasteiger charge is 2.11. The fourth-order valence-electron chi connectivity index (χ4n) is 2.66. The number of carbonyl (C=O) groups is 1. The summed E-state index contributed by atoms with van der Waals surface area (Å²) < 4.78 is 27.1. The topological polar surface area (TPSA) is 93.1 Å².